The Morgan fingerprint density at radius 1 is 1.50 bits per heavy atom. The standard InChI is InChI=1S/C14H19BrN2O/c1-9-3-4-11(15)8-13(9)14(18)17-12-5-6-16-10(2)7-12/h3-4,8,10,12,16H,5-7H2,1-2H3,(H,17,18). The predicted octanol–water partition coefficient (Wildman–Crippen LogP) is 2.63. The average Bonchev–Trinajstić information content (AvgIpc) is 2.32. The minimum Gasteiger partial charge on any atom is -0.349 e. The molecule has 1 aromatic rings. The van der Waals surface area contributed by atoms with Crippen molar-refractivity contribution in [2.75, 3.05) is 6.54 Å². The molecule has 1 fully saturated rings. The van der Waals surface area contributed by atoms with Crippen LogP contribution in [0.3, 0.4) is 0 Å². The van der Waals surface area contributed by atoms with Crippen LogP contribution in [0.2, 0.25) is 0 Å². The van der Waals surface area contributed by atoms with Crippen molar-refractivity contribution >= 4 is 21.8 Å². The number of nitrogens with one attached hydrogen (secondary N) is 2. The van der Waals surface area contributed by atoms with Crippen molar-refractivity contribution in [1.82, 2.24) is 10.6 Å². The lowest BCUT2D eigenvalue weighted by atomic mass is 9.99. The molecule has 0 spiro atoms. The highest BCUT2D eigenvalue weighted by molar-refractivity contribution is 9.10. The van der Waals surface area contributed by atoms with E-state index in [2.05, 4.69) is 33.5 Å². The normalized spacial score (nSPS) is 23.7. The Morgan fingerprint density at radius 2 is 2.28 bits per heavy atom. The average molecular weight is 311 g/mol. The van der Waals surface area contributed by atoms with Crippen molar-refractivity contribution in [3.05, 3.63) is 33.8 Å². The maximum absolute atomic E-state index is 12.2. The lowest BCUT2D eigenvalue weighted by Gasteiger charge is -2.28. The number of piperidine rings is 1. The van der Waals surface area contributed by atoms with Crippen molar-refractivity contribution in [2.45, 2.75) is 38.8 Å². The van der Waals surface area contributed by atoms with E-state index in [1.54, 1.807) is 0 Å². The van der Waals surface area contributed by atoms with Crippen molar-refractivity contribution in [3.8, 4) is 0 Å². The highest BCUT2D eigenvalue weighted by atomic mass is 79.9. The molecule has 1 heterocycles. The summed E-state index contributed by atoms with van der Waals surface area (Å²) in [4.78, 5) is 12.2. The van der Waals surface area contributed by atoms with Crippen LogP contribution in [-0.4, -0.2) is 24.5 Å². The fourth-order valence-electron chi connectivity index (χ4n) is 2.37. The van der Waals surface area contributed by atoms with E-state index < -0.39 is 0 Å². The second-order valence-electron chi connectivity index (χ2n) is 5.01. The number of rotatable bonds is 2. The van der Waals surface area contributed by atoms with Gasteiger partial charge in [0.1, 0.15) is 0 Å². The summed E-state index contributed by atoms with van der Waals surface area (Å²) in [5.74, 6) is 0.0351. The third-order valence-electron chi connectivity index (χ3n) is 3.40. The molecular weight excluding hydrogens is 292 g/mol. The van der Waals surface area contributed by atoms with E-state index in [4.69, 9.17) is 0 Å². The van der Waals surface area contributed by atoms with Crippen LogP contribution in [0.15, 0.2) is 22.7 Å². The van der Waals surface area contributed by atoms with Crippen LogP contribution < -0.4 is 10.6 Å². The Kier molecular flexibility index (Phi) is 4.40. The summed E-state index contributed by atoms with van der Waals surface area (Å²) in [5.41, 5.74) is 1.77. The zero-order chi connectivity index (χ0) is 13.1. The van der Waals surface area contributed by atoms with Gasteiger partial charge >= 0.3 is 0 Å². The lowest BCUT2D eigenvalue weighted by molar-refractivity contribution is 0.0925. The number of carbonyl (C=O) groups is 1. The Hall–Kier alpha value is -0.870. The summed E-state index contributed by atoms with van der Waals surface area (Å²) in [5, 5.41) is 6.52. The van der Waals surface area contributed by atoms with Crippen molar-refractivity contribution in [3.63, 3.8) is 0 Å². The van der Waals surface area contributed by atoms with Crippen molar-refractivity contribution < 1.29 is 4.79 Å². The zero-order valence-corrected chi connectivity index (χ0v) is 12.4. The van der Waals surface area contributed by atoms with Crippen LogP contribution in [0.25, 0.3) is 0 Å². The summed E-state index contributed by atoms with van der Waals surface area (Å²) < 4.78 is 0.942. The molecule has 2 atom stereocenters. The minimum absolute atomic E-state index is 0.0351. The Labute approximate surface area is 116 Å². The molecule has 1 amide bonds. The smallest absolute Gasteiger partial charge is 0.251 e. The van der Waals surface area contributed by atoms with Crippen molar-refractivity contribution in [1.29, 1.82) is 0 Å². The second-order valence-corrected chi connectivity index (χ2v) is 5.92. The number of hydrogen-bond acceptors (Lipinski definition) is 2. The Balaban J connectivity index is 2.05. The molecule has 1 aliphatic rings. The maximum Gasteiger partial charge on any atom is 0.251 e. The predicted molar refractivity (Wildman–Crippen MR) is 76.8 cm³/mol. The number of amides is 1. The SMILES string of the molecule is Cc1ccc(Br)cc1C(=O)NC1CCNC(C)C1. The van der Waals surface area contributed by atoms with Crippen LogP contribution in [0.5, 0.6) is 0 Å². The summed E-state index contributed by atoms with van der Waals surface area (Å²) in [6.45, 7) is 5.10. The van der Waals surface area contributed by atoms with Gasteiger partial charge in [0.15, 0.2) is 0 Å². The van der Waals surface area contributed by atoms with Gasteiger partial charge in [-0.15, -0.1) is 0 Å². The first kappa shape index (κ1) is 13.6. The van der Waals surface area contributed by atoms with E-state index in [0.717, 1.165) is 35.0 Å². The van der Waals surface area contributed by atoms with E-state index in [1.165, 1.54) is 0 Å². The zero-order valence-electron chi connectivity index (χ0n) is 10.8. The summed E-state index contributed by atoms with van der Waals surface area (Å²) in [6.07, 6.45) is 2.00. The lowest BCUT2D eigenvalue weighted by Crippen LogP contribution is -2.46. The van der Waals surface area contributed by atoms with Crippen LogP contribution in [0.4, 0.5) is 0 Å². The van der Waals surface area contributed by atoms with E-state index in [9.17, 15) is 4.79 Å². The molecule has 0 saturated carbocycles. The van der Waals surface area contributed by atoms with Gasteiger partial charge in [0, 0.05) is 22.1 Å². The van der Waals surface area contributed by atoms with Crippen LogP contribution in [0.1, 0.15) is 35.7 Å². The highest BCUT2D eigenvalue weighted by Gasteiger charge is 2.21. The second kappa shape index (κ2) is 5.85. The fourth-order valence-corrected chi connectivity index (χ4v) is 2.73. The molecule has 98 valence electrons. The first-order chi connectivity index (χ1) is 8.56. The molecule has 3 nitrogen and oxygen atoms in total. The minimum atomic E-state index is 0.0351. The van der Waals surface area contributed by atoms with Crippen molar-refractivity contribution in [2.24, 2.45) is 0 Å². The van der Waals surface area contributed by atoms with Crippen LogP contribution >= 0.6 is 15.9 Å². The van der Waals surface area contributed by atoms with E-state index in [0.29, 0.717) is 6.04 Å². The maximum atomic E-state index is 12.2. The quantitative estimate of drug-likeness (QED) is 0.881. The van der Waals surface area contributed by atoms with Gasteiger partial charge in [-0.1, -0.05) is 22.0 Å². The van der Waals surface area contributed by atoms with E-state index in [1.807, 2.05) is 25.1 Å². The first-order valence-corrected chi connectivity index (χ1v) is 7.16. The molecule has 1 saturated heterocycles. The number of benzene rings is 1. The molecule has 0 radical (unpaired) electrons. The summed E-state index contributed by atoms with van der Waals surface area (Å²) in [7, 11) is 0. The Morgan fingerprint density at radius 3 is 3.00 bits per heavy atom. The molecule has 4 heteroatoms. The molecule has 2 N–H and O–H groups in total. The highest BCUT2D eigenvalue weighted by Crippen LogP contribution is 2.17. The summed E-state index contributed by atoms with van der Waals surface area (Å²) >= 11 is 3.41. The number of aryl methyl sites for hydroxylation is 1. The third-order valence-corrected chi connectivity index (χ3v) is 3.90. The Bertz CT molecular complexity index is 447. The summed E-state index contributed by atoms with van der Waals surface area (Å²) in [6, 6.07) is 6.57. The van der Waals surface area contributed by atoms with Gasteiger partial charge in [-0.3, -0.25) is 4.79 Å². The molecule has 0 bridgehead atoms. The fraction of sp³-hybridized carbons (Fsp3) is 0.500. The molecule has 0 aromatic heterocycles. The van der Waals surface area contributed by atoms with Gasteiger partial charge in [0.25, 0.3) is 5.91 Å². The molecule has 18 heavy (non-hydrogen) atoms. The van der Waals surface area contributed by atoms with Crippen LogP contribution in [0, 0.1) is 6.92 Å². The van der Waals surface area contributed by atoms with E-state index >= 15 is 0 Å². The van der Waals surface area contributed by atoms with Gasteiger partial charge in [0.05, 0.1) is 0 Å². The van der Waals surface area contributed by atoms with Gasteiger partial charge in [-0.25, -0.2) is 0 Å². The molecule has 1 aromatic carbocycles. The molecule has 2 unspecified atom stereocenters. The molecule has 1 aliphatic heterocycles. The topological polar surface area (TPSA) is 41.1 Å². The third kappa shape index (κ3) is 3.33. The molecular formula is C14H19BrN2O. The molecule has 2 rings (SSSR count). The number of hydrogen-bond donors (Lipinski definition) is 2. The van der Waals surface area contributed by atoms with Gasteiger partial charge < -0.3 is 10.6 Å². The largest absolute Gasteiger partial charge is 0.349 e. The number of carbonyl (C=O) groups excluding carboxylic acids is 1. The van der Waals surface area contributed by atoms with Gasteiger partial charge in [0.2, 0.25) is 0 Å². The number of halogens is 1. The van der Waals surface area contributed by atoms with Gasteiger partial charge in [-0.05, 0) is 50.9 Å². The van der Waals surface area contributed by atoms with Gasteiger partial charge in [-0.2, -0.15) is 0 Å². The first-order valence-electron chi connectivity index (χ1n) is 6.36. The monoisotopic (exact) mass is 310 g/mol. The van der Waals surface area contributed by atoms with Crippen LogP contribution in [-0.2, 0) is 0 Å². The van der Waals surface area contributed by atoms with E-state index in [-0.39, 0.29) is 11.9 Å². The molecule has 0 aliphatic carbocycles.